The van der Waals surface area contributed by atoms with Crippen molar-refractivity contribution < 1.29 is 18.3 Å². The Balaban J connectivity index is 2.26. The first kappa shape index (κ1) is 12.2. The number of nitrogens with one attached hydrogen (secondary N) is 1. The third kappa shape index (κ3) is 2.52. The first-order valence-corrected chi connectivity index (χ1v) is 6.20. The molecule has 1 heterocycles. The Hall–Kier alpha value is -1.30. The van der Waals surface area contributed by atoms with Crippen molar-refractivity contribution in [1.29, 1.82) is 0 Å². The lowest BCUT2D eigenvalue weighted by Gasteiger charge is -2.31. The molecule has 6 heteroatoms. The lowest BCUT2D eigenvalue weighted by molar-refractivity contribution is -0.104. The first-order valence-electron chi connectivity index (χ1n) is 4.98. The second-order valence-electron chi connectivity index (χ2n) is 3.69. The van der Waals surface area contributed by atoms with Crippen LogP contribution < -0.4 is 5.32 Å². The molecule has 3 nitrogen and oxygen atoms in total. The summed E-state index contributed by atoms with van der Waals surface area (Å²) in [6.07, 6.45) is 1.09. The molecule has 1 aromatic carbocycles. The molecule has 1 amide bonds. The molecule has 1 saturated heterocycles. The number of ether oxygens (including phenoxy) is 1. The monoisotopic (exact) mass is 259 g/mol. The molecule has 0 radical (unpaired) electrons. The van der Waals surface area contributed by atoms with Crippen LogP contribution in [0.2, 0.25) is 0 Å². The van der Waals surface area contributed by atoms with Gasteiger partial charge < -0.3 is 10.1 Å². The average molecular weight is 259 g/mol. The fraction of sp³-hybridized carbons (Fsp3) is 0.364. The van der Waals surface area contributed by atoms with Crippen LogP contribution in [0.25, 0.3) is 0 Å². The van der Waals surface area contributed by atoms with Crippen LogP contribution in [-0.4, -0.2) is 24.9 Å². The fourth-order valence-corrected chi connectivity index (χ4v) is 2.04. The summed E-state index contributed by atoms with van der Waals surface area (Å²) in [4.78, 5) is 12.0. The van der Waals surface area contributed by atoms with Gasteiger partial charge in [-0.25, -0.2) is 13.6 Å². The molecule has 1 N–H and O–H groups in total. The average Bonchev–Trinajstić information content (AvgIpc) is 2.33. The van der Waals surface area contributed by atoms with E-state index in [2.05, 4.69) is 10.1 Å². The molecule has 1 fully saturated rings. The Kier molecular flexibility index (Phi) is 3.24. The Labute approximate surface area is 102 Å². The van der Waals surface area contributed by atoms with E-state index >= 15 is 0 Å². The number of halogens is 2. The summed E-state index contributed by atoms with van der Waals surface area (Å²) in [5.74, 6) is -3.09. The highest BCUT2D eigenvalue weighted by Gasteiger charge is 2.46. The number of alkyl halides is 2. The third-order valence-corrected chi connectivity index (χ3v) is 3.27. The molecular formula is C11H11F2NO2S. The zero-order chi connectivity index (χ0) is 12.5. The van der Waals surface area contributed by atoms with Crippen LogP contribution in [-0.2, 0) is 4.74 Å². The molecule has 0 saturated carbocycles. The number of cyclic esters (lactones) is 1. The van der Waals surface area contributed by atoms with E-state index in [9.17, 15) is 13.6 Å². The predicted molar refractivity (Wildman–Crippen MR) is 60.4 cm³/mol. The number of hydrogen-bond acceptors (Lipinski definition) is 3. The van der Waals surface area contributed by atoms with Crippen LogP contribution in [0, 0.1) is 0 Å². The molecule has 1 atom stereocenters. The van der Waals surface area contributed by atoms with Gasteiger partial charge >= 0.3 is 12.0 Å². The van der Waals surface area contributed by atoms with Gasteiger partial charge in [-0.2, -0.15) is 0 Å². The van der Waals surface area contributed by atoms with Crippen molar-refractivity contribution in [3.05, 3.63) is 29.8 Å². The summed E-state index contributed by atoms with van der Waals surface area (Å²) in [5.41, 5.74) is 0.379. The lowest BCUT2D eigenvalue weighted by Crippen LogP contribution is -2.49. The van der Waals surface area contributed by atoms with E-state index < -0.39 is 24.7 Å². The number of amides is 1. The van der Waals surface area contributed by atoms with Gasteiger partial charge in [-0.15, -0.1) is 11.8 Å². The van der Waals surface area contributed by atoms with Gasteiger partial charge in [0.2, 0.25) is 0 Å². The van der Waals surface area contributed by atoms with E-state index in [1.54, 1.807) is 24.3 Å². The molecule has 0 bridgehead atoms. The van der Waals surface area contributed by atoms with Gasteiger partial charge in [-0.3, -0.25) is 0 Å². The maximum absolute atomic E-state index is 13.6. The van der Waals surface area contributed by atoms with E-state index in [1.165, 1.54) is 11.8 Å². The van der Waals surface area contributed by atoms with Gasteiger partial charge in [0, 0.05) is 4.90 Å². The predicted octanol–water partition coefficient (Wildman–Crippen LogP) is 2.82. The Morgan fingerprint density at radius 2 is 2.06 bits per heavy atom. The minimum absolute atomic E-state index is 0.379. The van der Waals surface area contributed by atoms with Crippen LogP contribution >= 0.6 is 11.8 Å². The second-order valence-corrected chi connectivity index (χ2v) is 4.57. The quantitative estimate of drug-likeness (QED) is 0.830. The topological polar surface area (TPSA) is 38.3 Å². The number of benzene rings is 1. The van der Waals surface area contributed by atoms with Crippen LogP contribution in [0.3, 0.4) is 0 Å². The number of rotatable bonds is 2. The highest BCUT2D eigenvalue weighted by molar-refractivity contribution is 7.98. The van der Waals surface area contributed by atoms with Crippen molar-refractivity contribution in [3.8, 4) is 0 Å². The van der Waals surface area contributed by atoms with Gasteiger partial charge in [0.15, 0.2) is 6.61 Å². The van der Waals surface area contributed by atoms with E-state index in [1.807, 2.05) is 6.26 Å². The molecule has 1 aromatic rings. The molecule has 1 aliphatic rings. The Morgan fingerprint density at radius 1 is 1.41 bits per heavy atom. The molecule has 2 rings (SSSR count). The zero-order valence-corrected chi connectivity index (χ0v) is 9.89. The first-order chi connectivity index (χ1) is 8.03. The van der Waals surface area contributed by atoms with Gasteiger partial charge in [0.05, 0.1) is 0 Å². The number of alkyl carbamates (subject to hydrolysis) is 1. The maximum Gasteiger partial charge on any atom is 0.408 e. The molecule has 92 valence electrons. The van der Waals surface area contributed by atoms with Gasteiger partial charge in [0.1, 0.15) is 6.04 Å². The van der Waals surface area contributed by atoms with E-state index in [0.29, 0.717) is 5.56 Å². The second kappa shape index (κ2) is 4.52. The molecule has 0 spiro atoms. The van der Waals surface area contributed by atoms with Crippen LogP contribution in [0.5, 0.6) is 0 Å². The summed E-state index contributed by atoms with van der Waals surface area (Å²) in [6, 6.07) is 5.36. The van der Waals surface area contributed by atoms with Crippen molar-refractivity contribution in [3.63, 3.8) is 0 Å². The highest BCUT2D eigenvalue weighted by atomic mass is 32.2. The summed E-state index contributed by atoms with van der Waals surface area (Å²) in [6.45, 7) is -0.881. The van der Waals surface area contributed by atoms with Crippen LogP contribution in [0.1, 0.15) is 11.6 Å². The van der Waals surface area contributed by atoms with E-state index in [0.717, 1.165) is 4.90 Å². The molecule has 0 unspecified atom stereocenters. The van der Waals surface area contributed by atoms with Crippen molar-refractivity contribution in [1.82, 2.24) is 5.32 Å². The standard InChI is InChI=1S/C11H11F2NO2S/c1-17-8-4-2-7(3-5-8)9-11(12,13)6-16-10(15)14-9/h2-5,9H,6H2,1H3,(H,14,15)/t9-/m0/s1. The molecule has 1 aliphatic heterocycles. The van der Waals surface area contributed by atoms with Crippen LogP contribution in [0.4, 0.5) is 13.6 Å². The number of carbonyl (C=O) groups is 1. The Morgan fingerprint density at radius 3 is 2.65 bits per heavy atom. The van der Waals surface area contributed by atoms with Gasteiger partial charge in [-0.1, -0.05) is 12.1 Å². The summed E-state index contributed by atoms with van der Waals surface area (Å²) >= 11 is 1.53. The van der Waals surface area contributed by atoms with Crippen molar-refractivity contribution in [2.24, 2.45) is 0 Å². The summed E-state index contributed by atoms with van der Waals surface area (Å²) in [5, 5.41) is 2.14. The fourth-order valence-electron chi connectivity index (χ4n) is 1.63. The van der Waals surface area contributed by atoms with E-state index in [4.69, 9.17) is 0 Å². The zero-order valence-electron chi connectivity index (χ0n) is 9.07. The molecule has 0 aliphatic carbocycles. The number of carbonyl (C=O) groups excluding carboxylic acids is 1. The summed E-state index contributed by atoms with van der Waals surface area (Å²) in [7, 11) is 0. The smallest absolute Gasteiger partial charge is 0.408 e. The van der Waals surface area contributed by atoms with Crippen molar-refractivity contribution >= 4 is 17.9 Å². The van der Waals surface area contributed by atoms with Crippen molar-refractivity contribution in [2.75, 3.05) is 12.9 Å². The third-order valence-electron chi connectivity index (χ3n) is 2.53. The SMILES string of the molecule is CSc1ccc([C@@H]2NC(=O)OCC2(F)F)cc1. The maximum atomic E-state index is 13.6. The van der Waals surface area contributed by atoms with Gasteiger partial charge in [0.25, 0.3) is 0 Å². The van der Waals surface area contributed by atoms with E-state index in [-0.39, 0.29) is 0 Å². The Bertz CT molecular complexity index is 422. The normalized spacial score (nSPS) is 22.8. The van der Waals surface area contributed by atoms with Crippen LogP contribution in [0.15, 0.2) is 29.2 Å². The number of thioether (sulfide) groups is 1. The number of hydrogen-bond donors (Lipinski definition) is 1. The lowest BCUT2D eigenvalue weighted by atomic mass is 10.0. The molecule has 0 aromatic heterocycles. The highest BCUT2D eigenvalue weighted by Crippen LogP contribution is 2.34. The summed E-state index contributed by atoms with van der Waals surface area (Å²) < 4.78 is 31.4. The minimum atomic E-state index is -3.09. The minimum Gasteiger partial charge on any atom is -0.443 e. The molecular weight excluding hydrogens is 248 g/mol. The van der Waals surface area contributed by atoms with Gasteiger partial charge in [-0.05, 0) is 24.0 Å². The van der Waals surface area contributed by atoms with Crippen molar-refractivity contribution in [2.45, 2.75) is 16.9 Å². The largest absolute Gasteiger partial charge is 0.443 e. The molecule has 17 heavy (non-hydrogen) atoms.